The molecule has 0 saturated carbocycles. The van der Waals surface area contributed by atoms with Gasteiger partial charge in [-0.05, 0) is 43.5 Å². The van der Waals surface area contributed by atoms with Crippen LogP contribution in [0.2, 0.25) is 0 Å². The van der Waals surface area contributed by atoms with Crippen molar-refractivity contribution in [2.45, 2.75) is 30.8 Å². The van der Waals surface area contributed by atoms with E-state index in [0.717, 1.165) is 30.5 Å². The topological polar surface area (TPSA) is 95.6 Å². The quantitative estimate of drug-likeness (QED) is 0.424. The van der Waals surface area contributed by atoms with E-state index in [1.165, 1.54) is 18.9 Å². The van der Waals surface area contributed by atoms with Gasteiger partial charge in [-0.3, -0.25) is 9.36 Å². The zero-order chi connectivity index (χ0) is 21.8. The van der Waals surface area contributed by atoms with Crippen LogP contribution in [0.5, 0.6) is 11.5 Å². The zero-order valence-corrected chi connectivity index (χ0v) is 18.2. The van der Waals surface area contributed by atoms with E-state index in [4.69, 9.17) is 13.9 Å². The smallest absolute Gasteiger partial charge is 0.349 e. The van der Waals surface area contributed by atoms with Crippen LogP contribution in [-0.2, 0) is 24.2 Å². The van der Waals surface area contributed by atoms with Crippen molar-refractivity contribution in [2.75, 3.05) is 25.3 Å². The molecule has 0 aliphatic heterocycles. The lowest BCUT2D eigenvalue weighted by Gasteiger charge is -2.14. The molecule has 1 N–H and O–H groups in total. The lowest BCUT2D eigenvalue weighted by Crippen LogP contribution is -2.28. The minimum atomic E-state index is -0.322. The van der Waals surface area contributed by atoms with Crippen LogP contribution >= 0.6 is 11.8 Å². The number of methoxy groups -OCH3 is 2. The molecular weight excluding hydrogens is 418 g/mol. The van der Waals surface area contributed by atoms with Crippen LogP contribution in [0, 0.1) is 0 Å². The molecule has 1 amide bonds. The molecule has 1 aliphatic rings. The summed E-state index contributed by atoms with van der Waals surface area (Å²) in [6.07, 6.45) is 4.21. The standard InChI is InChI=1S/C22H23N3O5S/c1-28-14-8-9-17(19(11-14)29-2)23-20(26)13-31-21-16-6-3-7-18(16)25(22(27)24-21)12-15-5-4-10-30-15/h4-5,8-11H,3,6-7,12-13H2,1-2H3,(H,23,26). The van der Waals surface area contributed by atoms with Crippen molar-refractivity contribution >= 4 is 23.4 Å². The summed E-state index contributed by atoms with van der Waals surface area (Å²) in [5.41, 5.74) is 2.26. The van der Waals surface area contributed by atoms with Crippen LogP contribution in [-0.4, -0.2) is 35.4 Å². The first-order chi connectivity index (χ1) is 15.1. The van der Waals surface area contributed by atoms with Crippen molar-refractivity contribution in [3.05, 3.63) is 64.1 Å². The number of amides is 1. The van der Waals surface area contributed by atoms with E-state index >= 15 is 0 Å². The summed E-state index contributed by atoms with van der Waals surface area (Å²) in [5.74, 6) is 1.79. The molecule has 4 rings (SSSR count). The van der Waals surface area contributed by atoms with Crippen LogP contribution in [0.3, 0.4) is 0 Å². The molecule has 2 aromatic heterocycles. The molecule has 0 atom stereocenters. The van der Waals surface area contributed by atoms with Gasteiger partial charge in [0.1, 0.15) is 22.3 Å². The van der Waals surface area contributed by atoms with Crippen LogP contribution in [0.4, 0.5) is 5.69 Å². The van der Waals surface area contributed by atoms with E-state index < -0.39 is 0 Å². The summed E-state index contributed by atoms with van der Waals surface area (Å²) in [6, 6.07) is 8.82. The summed E-state index contributed by atoms with van der Waals surface area (Å²) in [5, 5.41) is 3.47. The van der Waals surface area contributed by atoms with Gasteiger partial charge in [-0.2, -0.15) is 4.98 Å². The highest BCUT2D eigenvalue weighted by molar-refractivity contribution is 8.00. The van der Waals surface area contributed by atoms with Crippen molar-refractivity contribution < 1.29 is 18.7 Å². The first-order valence-electron chi connectivity index (χ1n) is 9.88. The van der Waals surface area contributed by atoms with E-state index in [2.05, 4.69) is 10.3 Å². The van der Waals surface area contributed by atoms with Gasteiger partial charge in [0.25, 0.3) is 0 Å². The Labute approximate surface area is 183 Å². The molecule has 0 spiro atoms. The molecule has 0 radical (unpaired) electrons. The largest absolute Gasteiger partial charge is 0.497 e. The van der Waals surface area contributed by atoms with Gasteiger partial charge in [0.2, 0.25) is 5.91 Å². The number of ether oxygens (including phenoxy) is 2. The first kappa shape index (κ1) is 21.0. The van der Waals surface area contributed by atoms with Crippen molar-refractivity contribution in [3.63, 3.8) is 0 Å². The summed E-state index contributed by atoms with van der Waals surface area (Å²) < 4.78 is 17.6. The second kappa shape index (κ2) is 9.30. The second-order valence-corrected chi connectivity index (χ2v) is 8.01. The fraction of sp³-hybridized carbons (Fsp3) is 0.318. The number of hydrogen-bond acceptors (Lipinski definition) is 7. The molecule has 0 saturated heterocycles. The molecule has 162 valence electrons. The third kappa shape index (κ3) is 4.61. The maximum Gasteiger partial charge on any atom is 0.349 e. The molecule has 2 heterocycles. The van der Waals surface area contributed by atoms with E-state index in [1.807, 2.05) is 6.07 Å². The molecule has 3 aromatic rings. The average Bonchev–Trinajstić information content (AvgIpc) is 3.47. The van der Waals surface area contributed by atoms with E-state index in [1.54, 1.807) is 42.2 Å². The summed E-state index contributed by atoms with van der Waals surface area (Å²) in [6.45, 7) is 0.365. The molecule has 1 aliphatic carbocycles. The van der Waals surface area contributed by atoms with Crippen molar-refractivity contribution in [3.8, 4) is 11.5 Å². The van der Waals surface area contributed by atoms with Gasteiger partial charge in [0.15, 0.2) is 0 Å². The molecule has 1 aromatic carbocycles. The number of benzene rings is 1. The van der Waals surface area contributed by atoms with Crippen molar-refractivity contribution in [1.82, 2.24) is 9.55 Å². The maximum atomic E-state index is 12.7. The number of rotatable bonds is 8. The van der Waals surface area contributed by atoms with E-state index in [-0.39, 0.29) is 17.3 Å². The Balaban J connectivity index is 1.48. The number of nitrogens with one attached hydrogen (secondary N) is 1. The van der Waals surface area contributed by atoms with E-state index in [9.17, 15) is 9.59 Å². The molecule has 0 fully saturated rings. The maximum absolute atomic E-state index is 12.7. The number of carbonyl (C=O) groups excluding carboxylic acids is 1. The number of fused-ring (bicyclic) bond motifs is 1. The van der Waals surface area contributed by atoms with Crippen LogP contribution < -0.4 is 20.5 Å². The molecule has 9 heteroatoms. The monoisotopic (exact) mass is 441 g/mol. The Morgan fingerprint density at radius 2 is 2.13 bits per heavy atom. The van der Waals surface area contributed by atoms with Gasteiger partial charge in [-0.15, -0.1) is 0 Å². The van der Waals surface area contributed by atoms with Gasteiger partial charge >= 0.3 is 5.69 Å². The normalized spacial score (nSPS) is 12.5. The minimum absolute atomic E-state index is 0.135. The number of furan rings is 1. The highest BCUT2D eigenvalue weighted by atomic mass is 32.2. The zero-order valence-electron chi connectivity index (χ0n) is 17.3. The summed E-state index contributed by atoms with van der Waals surface area (Å²) in [7, 11) is 3.10. The Morgan fingerprint density at radius 1 is 1.26 bits per heavy atom. The Kier molecular flexibility index (Phi) is 6.31. The Bertz CT molecular complexity index is 1140. The number of nitrogens with zero attached hydrogens (tertiary/aromatic N) is 2. The van der Waals surface area contributed by atoms with Crippen molar-refractivity contribution in [1.29, 1.82) is 0 Å². The number of aromatic nitrogens is 2. The average molecular weight is 442 g/mol. The highest BCUT2D eigenvalue weighted by Crippen LogP contribution is 2.31. The van der Waals surface area contributed by atoms with Gasteiger partial charge in [0.05, 0.1) is 38.5 Å². The fourth-order valence-corrected chi connectivity index (χ4v) is 4.53. The van der Waals surface area contributed by atoms with Crippen LogP contribution in [0.25, 0.3) is 0 Å². The summed E-state index contributed by atoms with van der Waals surface area (Å²) >= 11 is 1.28. The van der Waals surface area contributed by atoms with Gasteiger partial charge < -0.3 is 19.2 Å². The summed E-state index contributed by atoms with van der Waals surface area (Å²) in [4.78, 5) is 29.5. The Hall–Kier alpha value is -3.20. The van der Waals surface area contributed by atoms with Gasteiger partial charge in [-0.1, -0.05) is 11.8 Å². The molecule has 0 unspecified atom stereocenters. The molecule has 31 heavy (non-hydrogen) atoms. The second-order valence-electron chi connectivity index (χ2n) is 7.05. The lowest BCUT2D eigenvalue weighted by molar-refractivity contribution is -0.113. The van der Waals surface area contributed by atoms with Crippen LogP contribution in [0.1, 0.15) is 23.4 Å². The number of anilines is 1. The first-order valence-corrected chi connectivity index (χ1v) is 10.9. The predicted octanol–water partition coefficient (Wildman–Crippen LogP) is 3.12. The molecule has 0 bridgehead atoms. The lowest BCUT2D eigenvalue weighted by atomic mass is 10.2. The molecule has 8 nitrogen and oxygen atoms in total. The number of thioether (sulfide) groups is 1. The number of hydrogen-bond donors (Lipinski definition) is 1. The van der Waals surface area contributed by atoms with Crippen molar-refractivity contribution in [2.24, 2.45) is 0 Å². The fourth-order valence-electron chi connectivity index (χ4n) is 3.65. The van der Waals surface area contributed by atoms with Gasteiger partial charge in [-0.25, -0.2) is 4.79 Å². The predicted molar refractivity (Wildman–Crippen MR) is 117 cm³/mol. The highest BCUT2D eigenvalue weighted by Gasteiger charge is 2.23. The van der Waals surface area contributed by atoms with Gasteiger partial charge in [0, 0.05) is 17.3 Å². The Morgan fingerprint density at radius 3 is 2.87 bits per heavy atom. The number of carbonyl (C=O) groups is 1. The van der Waals surface area contributed by atoms with E-state index in [0.29, 0.717) is 34.5 Å². The molecular formula is C22H23N3O5S. The third-order valence-electron chi connectivity index (χ3n) is 5.12. The third-order valence-corrected chi connectivity index (χ3v) is 6.14. The minimum Gasteiger partial charge on any atom is -0.497 e. The van der Waals surface area contributed by atoms with Crippen LogP contribution in [0.15, 0.2) is 50.8 Å². The SMILES string of the molecule is COc1ccc(NC(=O)CSc2nc(=O)n(Cc3ccco3)c3c2CCC3)c(OC)c1.